The lowest BCUT2D eigenvalue weighted by molar-refractivity contribution is -0.129. The SMILES string of the molecule is CCCCN(C)C(=NCCC(=O)N1CCCC1)NCC.I. The van der Waals surface area contributed by atoms with E-state index in [1.165, 1.54) is 6.42 Å². The van der Waals surface area contributed by atoms with E-state index in [0.717, 1.165) is 51.4 Å². The minimum Gasteiger partial charge on any atom is -0.357 e. The van der Waals surface area contributed by atoms with Gasteiger partial charge < -0.3 is 15.1 Å². The summed E-state index contributed by atoms with van der Waals surface area (Å²) in [6.07, 6.45) is 5.16. The number of rotatable bonds is 7. The third-order valence-electron chi connectivity index (χ3n) is 3.59. The van der Waals surface area contributed by atoms with Crippen LogP contribution in [-0.4, -0.2) is 61.4 Å². The fraction of sp³-hybridized carbons (Fsp3) is 0.867. The second kappa shape index (κ2) is 12.1. The van der Waals surface area contributed by atoms with E-state index < -0.39 is 0 Å². The molecule has 0 radical (unpaired) electrons. The maximum atomic E-state index is 11.9. The summed E-state index contributed by atoms with van der Waals surface area (Å²) in [6.45, 7) is 8.55. The molecular weight excluding hydrogens is 379 g/mol. The average Bonchev–Trinajstić information content (AvgIpc) is 2.97. The maximum Gasteiger partial charge on any atom is 0.224 e. The van der Waals surface area contributed by atoms with Crippen molar-refractivity contribution in [3.63, 3.8) is 0 Å². The highest BCUT2D eigenvalue weighted by Crippen LogP contribution is 2.08. The fourth-order valence-corrected chi connectivity index (χ4v) is 2.35. The smallest absolute Gasteiger partial charge is 0.224 e. The first-order valence-corrected chi connectivity index (χ1v) is 7.96. The number of unbranched alkanes of at least 4 members (excludes halogenated alkanes) is 1. The van der Waals surface area contributed by atoms with Crippen LogP contribution in [-0.2, 0) is 4.79 Å². The minimum absolute atomic E-state index is 0. The van der Waals surface area contributed by atoms with Gasteiger partial charge in [0, 0.05) is 39.6 Å². The Hall–Kier alpha value is -0.530. The van der Waals surface area contributed by atoms with Crippen molar-refractivity contribution in [3.8, 4) is 0 Å². The molecule has 1 heterocycles. The van der Waals surface area contributed by atoms with E-state index in [-0.39, 0.29) is 29.9 Å². The van der Waals surface area contributed by atoms with E-state index in [0.29, 0.717) is 13.0 Å². The van der Waals surface area contributed by atoms with Crippen LogP contribution in [0.3, 0.4) is 0 Å². The molecule has 0 aromatic rings. The van der Waals surface area contributed by atoms with Gasteiger partial charge in [0.05, 0.1) is 6.54 Å². The predicted molar refractivity (Wildman–Crippen MR) is 99.4 cm³/mol. The summed E-state index contributed by atoms with van der Waals surface area (Å²) in [7, 11) is 2.06. The molecule has 1 amide bonds. The molecule has 1 N–H and O–H groups in total. The molecule has 1 saturated heterocycles. The van der Waals surface area contributed by atoms with Crippen molar-refractivity contribution in [1.82, 2.24) is 15.1 Å². The van der Waals surface area contributed by atoms with E-state index >= 15 is 0 Å². The van der Waals surface area contributed by atoms with E-state index in [1.54, 1.807) is 0 Å². The summed E-state index contributed by atoms with van der Waals surface area (Å²) in [4.78, 5) is 20.6. The standard InChI is InChI=1S/C15H30N4O.HI/c1-4-6-11-18(3)15(16-5-2)17-10-9-14(20)19-12-7-8-13-19;/h4-13H2,1-3H3,(H,16,17);1H. The number of nitrogens with one attached hydrogen (secondary N) is 1. The van der Waals surface area contributed by atoms with Crippen molar-refractivity contribution in [1.29, 1.82) is 0 Å². The van der Waals surface area contributed by atoms with Crippen LogP contribution >= 0.6 is 24.0 Å². The van der Waals surface area contributed by atoms with Gasteiger partial charge >= 0.3 is 0 Å². The van der Waals surface area contributed by atoms with Crippen LogP contribution in [0.25, 0.3) is 0 Å². The summed E-state index contributed by atoms with van der Waals surface area (Å²) < 4.78 is 0. The van der Waals surface area contributed by atoms with Gasteiger partial charge in [-0.2, -0.15) is 0 Å². The first kappa shape index (κ1) is 20.5. The van der Waals surface area contributed by atoms with Gasteiger partial charge in [-0.05, 0) is 26.2 Å². The second-order valence-electron chi connectivity index (χ2n) is 5.35. The molecule has 6 heteroatoms. The molecule has 0 aliphatic carbocycles. The van der Waals surface area contributed by atoms with Gasteiger partial charge in [-0.1, -0.05) is 13.3 Å². The van der Waals surface area contributed by atoms with Crippen LogP contribution in [0.2, 0.25) is 0 Å². The highest BCUT2D eigenvalue weighted by molar-refractivity contribution is 14.0. The van der Waals surface area contributed by atoms with Gasteiger partial charge in [0.15, 0.2) is 5.96 Å². The zero-order valence-corrected chi connectivity index (χ0v) is 16.1. The van der Waals surface area contributed by atoms with Crippen LogP contribution in [0.4, 0.5) is 0 Å². The summed E-state index contributed by atoms with van der Waals surface area (Å²) in [5.41, 5.74) is 0. The summed E-state index contributed by atoms with van der Waals surface area (Å²) >= 11 is 0. The normalized spacial score (nSPS) is 14.8. The first-order chi connectivity index (χ1) is 9.69. The lowest BCUT2D eigenvalue weighted by Gasteiger charge is -2.22. The Bertz CT molecular complexity index is 317. The molecule has 1 aliphatic rings. The maximum absolute atomic E-state index is 11.9. The molecule has 1 rings (SSSR count). The van der Waals surface area contributed by atoms with Gasteiger partial charge in [-0.15, -0.1) is 24.0 Å². The molecule has 1 aliphatic heterocycles. The molecular formula is C15H31IN4O. The van der Waals surface area contributed by atoms with Crippen molar-refractivity contribution in [2.24, 2.45) is 4.99 Å². The topological polar surface area (TPSA) is 47.9 Å². The van der Waals surface area contributed by atoms with Crippen molar-refractivity contribution in [3.05, 3.63) is 0 Å². The molecule has 0 saturated carbocycles. The summed E-state index contributed by atoms with van der Waals surface area (Å²) in [5.74, 6) is 1.16. The molecule has 0 aromatic heterocycles. The van der Waals surface area contributed by atoms with Gasteiger partial charge in [0.1, 0.15) is 0 Å². The highest BCUT2D eigenvalue weighted by Gasteiger charge is 2.17. The number of amides is 1. The van der Waals surface area contributed by atoms with E-state index in [2.05, 4.69) is 36.1 Å². The Balaban J connectivity index is 0.00000400. The van der Waals surface area contributed by atoms with Gasteiger partial charge in [0.25, 0.3) is 0 Å². The first-order valence-electron chi connectivity index (χ1n) is 7.96. The second-order valence-corrected chi connectivity index (χ2v) is 5.35. The molecule has 1 fully saturated rings. The van der Waals surface area contributed by atoms with Crippen LogP contribution in [0.1, 0.15) is 46.0 Å². The zero-order valence-electron chi connectivity index (χ0n) is 13.7. The van der Waals surface area contributed by atoms with Crippen molar-refractivity contribution in [2.45, 2.75) is 46.0 Å². The average molecular weight is 410 g/mol. The van der Waals surface area contributed by atoms with Crippen LogP contribution < -0.4 is 5.32 Å². The zero-order chi connectivity index (χ0) is 14.8. The summed E-state index contributed by atoms with van der Waals surface area (Å²) in [6, 6.07) is 0. The Labute approximate surface area is 146 Å². The lowest BCUT2D eigenvalue weighted by Crippen LogP contribution is -2.39. The molecule has 0 spiro atoms. The number of aliphatic imine (C=N–C) groups is 1. The number of likely N-dealkylation sites (tertiary alicyclic amines) is 1. The molecule has 124 valence electrons. The van der Waals surface area contributed by atoms with E-state index in [1.807, 2.05) is 4.90 Å². The number of carbonyl (C=O) groups is 1. The monoisotopic (exact) mass is 410 g/mol. The Morgan fingerprint density at radius 3 is 2.52 bits per heavy atom. The number of guanidine groups is 1. The summed E-state index contributed by atoms with van der Waals surface area (Å²) in [5, 5.41) is 3.29. The number of hydrogen-bond acceptors (Lipinski definition) is 2. The Kier molecular flexibility index (Phi) is 11.8. The minimum atomic E-state index is 0. The van der Waals surface area contributed by atoms with E-state index in [9.17, 15) is 4.79 Å². The van der Waals surface area contributed by atoms with Crippen molar-refractivity contribution < 1.29 is 4.79 Å². The van der Waals surface area contributed by atoms with Crippen molar-refractivity contribution >= 4 is 35.8 Å². The number of hydrogen-bond donors (Lipinski definition) is 1. The number of halogens is 1. The van der Waals surface area contributed by atoms with Crippen LogP contribution in [0, 0.1) is 0 Å². The molecule has 0 atom stereocenters. The highest BCUT2D eigenvalue weighted by atomic mass is 127. The van der Waals surface area contributed by atoms with Crippen LogP contribution in [0.15, 0.2) is 4.99 Å². The Morgan fingerprint density at radius 2 is 1.95 bits per heavy atom. The molecule has 5 nitrogen and oxygen atoms in total. The third kappa shape index (κ3) is 7.87. The van der Waals surface area contributed by atoms with Gasteiger partial charge in [-0.3, -0.25) is 9.79 Å². The molecule has 0 bridgehead atoms. The molecule has 0 aromatic carbocycles. The number of carbonyl (C=O) groups excluding carboxylic acids is 1. The quantitative estimate of drug-likeness (QED) is 0.398. The van der Waals surface area contributed by atoms with Crippen LogP contribution in [0.5, 0.6) is 0 Å². The lowest BCUT2D eigenvalue weighted by atomic mass is 10.3. The number of nitrogens with zero attached hydrogens (tertiary/aromatic N) is 3. The largest absolute Gasteiger partial charge is 0.357 e. The van der Waals surface area contributed by atoms with Crippen molar-refractivity contribution in [2.75, 3.05) is 39.8 Å². The third-order valence-corrected chi connectivity index (χ3v) is 3.59. The molecule has 21 heavy (non-hydrogen) atoms. The molecule has 0 unspecified atom stereocenters. The predicted octanol–water partition coefficient (Wildman–Crippen LogP) is 2.31. The van der Waals surface area contributed by atoms with Gasteiger partial charge in [0.2, 0.25) is 5.91 Å². The fourth-order valence-electron chi connectivity index (χ4n) is 2.35. The van der Waals surface area contributed by atoms with E-state index in [4.69, 9.17) is 0 Å². The Morgan fingerprint density at radius 1 is 1.29 bits per heavy atom. The van der Waals surface area contributed by atoms with Gasteiger partial charge in [-0.25, -0.2) is 0 Å².